The van der Waals surface area contributed by atoms with E-state index in [0.717, 1.165) is 0 Å². The molecule has 1 atom stereocenters. The van der Waals surface area contributed by atoms with Crippen molar-refractivity contribution in [3.05, 3.63) is 48.6 Å². The number of rotatable bonds is 7. The first-order chi connectivity index (χ1) is 8.24. The van der Waals surface area contributed by atoms with Gasteiger partial charge in [-0.25, -0.2) is 0 Å². The molecule has 1 amide bonds. The molecule has 0 saturated carbocycles. The van der Waals surface area contributed by atoms with E-state index in [4.69, 9.17) is 0 Å². The molecule has 1 rings (SSSR count). The van der Waals surface area contributed by atoms with Crippen LogP contribution in [0, 0.1) is 0 Å². The van der Waals surface area contributed by atoms with Gasteiger partial charge in [-0.15, -0.1) is 6.58 Å². The molecule has 92 valence electrons. The van der Waals surface area contributed by atoms with Crippen LogP contribution in [0.25, 0.3) is 0 Å². The lowest BCUT2D eigenvalue weighted by molar-refractivity contribution is -0.120. The van der Waals surface area contributed by atoms with Crippen LogP contribution in [0.3, 0.4) is 0 Å². The molecule has 0 aromatic heterocycles. The summed E-state index contributed by atoms with van der Waals surface area (Å²) in [4.78, 5) is 11.4. The quantitative estimate of drug-likeness (QED) is 0.555. The summed E-state index contributed by atoms with van der Waals surface area (Å²) in [6, 6.07) is 10.2. The molecule has 3 heteroatoms. The molecule has 3 nitrogen and oxygen atoms in total. The highest BCUT2D eigenvalue weighted by Crippen LogP contribution is 2.12. The molecule has 0 spiro atoms. The van der Waals surface area contributed by atoms with Gasteiger partial charge in [-0.05, 0) is 11.5 Å². The summed E-state index contributed by atoms with van der Waals surface area (Å²) in [7, 11) is 0. The third-order valence-electron chi connectivity index (χ3n) is 2.55. The first-order valence-electron chi connectivity index (χ1n) is 5.87. The Bertz CT molecular complexity index is 348. The standard InChI is InChI=1S/C14H20N2O/c1-3-9-15-11-14(17)16-10-12(2)13-7-5-4-6-8-13/h3-8,12,15H,1,9-11H2,2H3,(H,16,17). The monoisotopic (exact) mass is 232 g/mol. The molecule has 0 radical (unpaired) electrons. The molecule has 1 aromatic rings. The molecular weight excluding hydrogens is 212 g/mol. The van der Waals surface area contributed by atoms with Gasteiger partial charge in [0.05, 0.1) is 6.54 Å². The molecule has 1 unspecified atom stereocenters. The predicted octanol–water partition coefficient (Wildman–Crippen LogP) is 1.68. The van der Waals surface area contributed by atoms with Gasteiger partial charge in [0, 0.05) is 13.1 Å². The minimum absolute atomic E-state index is 0.0228. The molecule has 17 heavy (non-hydrogen) atoms. The molecule has 0 aliphatic heterocycles. The normalized spacial score (nSPS) is 11.8. The molecule has 0 aliphatic rings. The predicted molar refractivity (Wildman–Crippen MR) is 70.9 cm³/mol. The fourth-order valence-corrected chi connectivity index (χ4v) is 1.52. The maximum absolute atomic E-state index is 11.4. The van der Waals surface area contributed by atoms with E-state index < -0.39 is 0 Å². The zero-order chi connectivity index (χ0) is 12.5. The number of carbonyl (C=O) groups is 1. The van der Waals surface area contributed by atoms with Gasteiger partial charge in [0.2, 0.25) is 5.91 Å². The maximum Gasteiger partial charge on any atom is 0.233 e. The van der Waals surface area contributed by atoms with E-state index in [1.54, 1.807) is 6.08 Å². The summed E-state index contributed by atoms with van der Waals surface area (Å²) >= 11 is 0. The van der Waals surface area contributed by atoms with E-state index in [-0.39, 0.29) is 5.91 Å². The van der Waals surface area contributed by atoms with Crippen molar-refractivity contribution in [2.75, 3.05) is 19.6 Å². The molecule has 0 aliphatic carbocycles. The SMILES string of the molecule is C=CCNCC(=O)NCC(C)c1ccccc1. The first kappa shape index (κ1) is 13.5. The van der Waals surface area contributed by atoms with E-state index in [0.29, 0.717) is 25.6 Å². The van der Waals surface area contributed by atoms with Crippen molar-refractivity contribution in [2.24, 2.45) is 0 Å². The van der Waals surface area contributed by atoms with E-state index >= 15 is 0 Å². The van der Waals surface area contributed by atoms with Crippen molar-refractivity contribution < 1.29 is 4.79 Å². The van der Waals surface area contributed by atoms with Gasteiger partial charge in [0.1, 0.15) is 0 Å². The molecule has 2 N–H and O–H groups in total. The van der Waals surface area contributed by atoms with Crippen LogP contribution < -0.4 is 10.6 Å². The number of nitrogens with one attached hydrogen (secondary N) is 2. The van der Waals surface area contributed by atoms with Crippen molar-refractivity contribution in [1.82, 2.24) is 10.6 Å². The number of hydrogen-bond donors (Lipinski definition) is 2. The van der Waals surface area contributed by atoms with Crippen LogP contribution >= 0.6 is 0 Å². The van der Waals surface area contributed by atoms with Crippen LogP contribution in [0.1, 0.15) is 18.4 Å². The van der Waals surface area contributed by atoms with Crippen molar-refractivity contribution in [3.63, 3.8) is 0 Å². The number of amides is 1. The van der Waals surface area contributed by atoms with E-state index in [1.165, 1.54) is 5.56 Å². The van der Waals surface area contributed by atoms with Crippen molar-refractivity contribution in [2.45, 2.75) is 12.8 Å². The summed E-state index contributed by atoms with van der Waals surface area (Å²) in [6.07, 6.45) is 1.74. The van der Waals surface area contributed by atoms with Gasteiger partial charge in [0.25, 0.3) is 0 Å². The third-order valence-corrected chi connectivity index (χ3v) is 2.55. The van der Waals surface area contributed by atoms with Gasteiger partial charge in [-0.3, -0.25) is 4.79 Å². The fourth-order valence-electron chi connectivity index (χ4n) is 1.52. The molecule has 0 saturated heterocycles. The minimum atomic E-state index is 0.0228. The van der Waals surface area contributed by atoms with Crippen LogP contribution in [0.5, 0.6) is 0 Å². The highest BCUT2D eigenvalue weighted by molar-refractivity contribution is 5.78. The van der Waals surface area contributed by atoms with Gasteiger partial charge in [0.15, 0.2) is 0 Å². The van der Waals surface area contributed by atoms with Crippen LogP contribution in [0.15, 0.2) is 43.0 Å². The molecule has 0 heterocycles. The number of hydrogen-bond acceptors (Lipinski definition) is 2. The minimum Gasteiger partial charge on any atom is -0.354 e. The Morgan fingerprint density at radius 1 is 1.41 bits per heavy atom. The lowest BCUT2D eigenvalue weighted by Crippen LogP contribution is -2.35. The average Bonchev–Trinajstić information content (AvgIpc) is 2.37. The van der Waals surface area contributed by atoms with Crippen LogP contribution in [0.2, 0.25) is 0 Å². The Hall–Kier alpha value is -1.61. The third kappa shape index (κ3) is 5.31. The summed E-state index contributed by atoms with van der Waals surface area (Å²) in [6.45, 7) is 7.34. The molecule has 0 bridgehead atoms. The summed E-state index contributed by atoms with van der Waals surface area (Å²) in [5.74, 6) is 0.356. The van der Waals surface area contributed by atoms with Gasteiger partial charge in [-0.1, -0.05) is 43.3 Å². The van der Waals surface area contributed by atoms with Gasteiger partial charge in [-0.2, -0.15) is 0 Å². The van der Waals surface area contributed by atoms with Crippen LogP contribution in [-0.2, 0) is 4.79 Å². The zero-order valence-corrected chi connectivity index (χ0v) is 10.3. The average molecular weight is 232 g/mol. The Morgan fingerprint density at radius 2 is 2.12 bits per heavy atom. The zero-order valence-electron chi connectivity index (χ0n) is 10.3. The fraction of sp³-hybridized carbons (Fsp3) is 0.357. The smallest absolute Gasteiger partial charge is 0.233 e. The first-order valence-corrected chi connectivity index (χ1v) is 5.87. The largest absolute Gasteiger partial charge is 0.354 e. The lowest BCUT2D eigenvalue weighted by atomic mass is 10.0. The highest BCUT2D eigenvalue weighted by Gasteiger charge is 2.06. The molecule has 1 aromatic carbocycles. The Kier molecular flexibility index (Phi) is 6.04. The summed E-state index contributed by atoms with van der Waals surface area (Å²) in [5, 5.41) is 5.87. The Labute approximate surface area is 103 Å². The second-order valence-corrected chi connectivity index (χ2v) is 4.04. The Balaban J connectivity index is 2.26. The second-order valence-electron chi connectivity index (χ2n) is 4.04. The topological polar surface area (TPSA) is 41.1 Å². The lowest BCUT2D eigenvalue weighted by Gasteiger charge is -2.13. The van der Waals surface area contributed by atoms with Crippen molar-refractivity contribution in [3.8, 4) is 0 Å². The second kappa shape index (κ2) is 7.63. The highest BCUT2D eigenvalue weighted by atomic mass is 16.1. The number of carbonyl (C=O) groups excluding carboxylic acids is 1. The summed E-state index contributed by atoms with van der Waals surface area (Å²) < 4.78 is 0. The van der Waals surface area contributed by atoms with Crippen molar-refractivity contribution in [1.29, 1.82) is 0 Å². The molecule has 0 fully saturated rings. The maximum atomic E-state index is 11.4. The van der Waals surface area contributed by atoms with Crippen LogP contribution in [0.4, 0.5) is 0 Å². The summed E-state index contributed by atoms with van der Waals surface area (Å²) in [5.41, 5.74) is 1.24. The molecular formula is C14H20N2O. The van der Waals surface area contributed by atoms with Crippen LogP contribution in [-0.4, -0.2) is 25.5 Å². The van der Waals surface area contributed by atoms with E-state index in [9.17, 15) is 4.79 Å². The van der Waals surface area contributed by atoms with Gasteiger partial charge >= 0.3 is 0 Å². The van der Waals surface area contributed by atoms with E-state index in [2.05, 4.69) is 36.3 Å². The Morgan fingerprint density at radius 3 is 2.76 bits per heavy atom. The van der Waals surface area contributed by atoms with Crippen molar-refractivity contribution >= 4 is 5.91 Å². The van der Waals surface area contributed by atoms with Gasteiger partial charge < -0.3 is 10.6 Å². The van der Waals surface area contributed by atoms with E-state index in [1.807, 2.05) is 18.2 Å². The number of benzene rings is 1.